The first-order valence-electron chi connectivity index (χ1n) is 11.9. The fourth-order valence-electron chi connectivity index (χ4n) is 3.66. The molecule has 1 aliphatic rings. The number of hydrogen-bond acceptors (Lipinski definition) is 3. The van der Waals surface area contributed by atoms with E-state index in [9.17, 15) is 5.11 Å². The summed E-state index contributed by atoms with van der Waals surface area (Å²) < 4.78 is 0. The Morgan fingerprint density at radius 1 is 0.821 bits per heavy atom. The molecular weight excluding hydrogens is 380 g/mol. The van der Waals surface area contributed by atoms with Gasteiger partial charge in [0.15, 0.2) is 0 Å². The van der Waals surface area contributed by atoms with Gasteiger partial charge in [-0.2, -0.15) is 23.5 Å². The van der Waals surface area contributed by atoms with E-state index in [0.717, 1.165) is 11.5 Å². The van der Waals surface area contributed by atoms with Gasteiger partial charge in [0, 0.05) is 16.9 Å². The number of unbranched alkanes of at least 4 members (excludes halogenated alkanes) is 10. The maximum atomic E-state index is 10.5. The third-order valence-corrected chi connectivity index (χ3v) is 8.17. The lowest BCUT2D eigenvalue weighted by molar-refractivity contribution is 0.126. The second kappa shape index (κ2) is 16.9. The highest BCUT2D eigenvalue weighted by Gasteiger charge is 2.31. The van der Waals surface area contributed by atoms with Gasteiger partial charge in [0.05, 0.1) is 6.10 Å². The van der Waals surface area contributed by atoms with Gasteiger partial charge in [0.2, 0.25) is 0 Å². The van der Waals surface area contributed by atoms with E-state index in [1.807, 2.05) is 17.8 Å². The van der Waals surface area contributed by atoms with E-state index in [2.05, 4.69) is 44.7 Å². The van der Waals surface area contributed by atoms with Crippen LogP contribution in [0.5, 0.6) is 0 Å². The summed E-state index contributed by atoms with van der Waals surface area (Å²) in [7, 11) is 0. The summed E-state index contributed by atoms with van der Waals surface area (Å²) in [5.41, 5.74) is 1.31. The first kappa shape index (κ1) is 26.2. The molecule has 1 rings (SSSR count). The zero-order chi connectivity index (χ0) is 20.5. The Hall–Kier alpha value is 0.140. The largest absolute Gasteiger partial charge is 0.388 e. The van der Waals surface area contributed by atoms with Gasteiger partial charge in [-0.05, 0) is 29.9 Å². The zero-order valence-corrected chi connectivity index (χ0v) is 20.5. The molecule has 0 bridgehead atoms. The Labute approximate surface area is 184 Å². The molecule has 0 aromatic heterocycles. The van der Waals surface area contributed by atoms with E-state index in [0.29, 0.717) is 0 Å². The summed E-state index contributed by atoms with van der Waals surface area (Å²) >= 11 is 4.08. The van der Waals surface area contributed by atoms with Crippen molar-refractivity contribution in [1.29, 1.82) is 0 Å². The fourth-order valence-corrected chi connectivity index (χ4v) is 5.87. The number of allylic oxidation sites excluding steroid dienone is 1. The first-order chi connectivity index (χ1) is 13.6. The van der Waals surface area contributed by atoms with Crippen LogP contribution in [-0.2, 0) is 0 Å². The normalized spacial score (nSPS) is 21.9. The number of hydrogen-bond donors (Lipinski definition) is 1. The molecule has 0 saturated carbocycles. The number of aliphatic hydroxyl groups excluding tert-OH is 1. The number of aliphatic hydroxyl groups is 1. The molecule has 0 saturated heterocycles. The van der Waals surface area contributed by atoms with Crippen molar-refractivity contribution in [2.24, 2.45) is 5.41 Å². The average molecular weight is 427 g/mol. The molecule has 0 aromatic carbocycles. The SMILES string of the molecule is CCCCCCCCSCC1=CC(C)(CSCCCCCCCC)C(O)C=C1. The molecule has 0 spiro atoms. The number of thioether (sulfide) groups is 2. The summed E-state index contributed by atoms with van der Waals surface area (Å²) in [6.45, 7) is 6.78. The molecule has 1 aliphatic carbocycles. The highest BCUT2D eigenvalue weighted by Crippen LogP contribution is 2.35. The van der Waals surface area contributed by atoms with E-state index in [4.69, 9.17) is 0 Å². The number of rotatable bonds is 18. The van der Waals surface area contributed by atoms with Crippen LogP contribution in [0.15, 0.2) is 23.8 Å². The molecule has 28 heavy (non-hydrogen) atoms. The van der Waals surface area contributed by atoms with E-state index in [1.165, 1.54) is 94.1 Å². The molecule has 2 atom stereocenters. The van der Waals surface area contributed by atoms with Crippen LogP contribution >= 0.6 is 23.5 Å². The van der Waals surface area contributed by atoms with E-state index in [-0.39, 0.29) is 11.5 Å². The van der Waals surface area contributed by atoms with Gasteiger partial charge in [-0.3, -0.25) is 0 Å². The Morgan fingerprint density at radius 3 is 1.96 bits per heavy atom. The predicted molar refractivity (Wildman–Crippen MR) is 133 cm³/mol. The van der Waals surface area contributed by atoms with Crippen LogP contribution in [0.4, 0.5) is 0 Å². The quantitative estimate of drug-likeness (QED) is 0.224. The van der Waals surface area contributed by atoms with Crippen LogP contribution in [0.2, 0.25) is 0 Å². The fraction of sp³-hybridized carbons (Fsp3) is 0.840. The molecule has 0 aromatic rings. The summed E-state index contributed by atoms with van der Waals surface area (Å²) in [6, 6.07) is 0. The maximum Gasteiger partial charge on any atom is 0.0820 e. The summed E-state index contributed by atoms with van der Waals surface area (Å²) in [5.74, 6) is 4.62. The Balaban J connectivity index is 2.19. The van der Waals surface area contributed by atoms with E-state index in [1.54, 1.807) is 0 Å². The lowest BCUT2D eigenvalue weighted by Gasteiger charge is -2.33. The Bertz CT molecular complexity index is 432. The highest BCUT2D eigenvalue weighted by molar-refractivity contribution is 7.99. The second-order valence-corrected chi connectivity index (χ2v) is 10.9. The lowest BCUT2D eigenvalue weighted by Crippen LogP contribution is -2.34. The van der Waals surface area contributed by atoms with Gasteiger partial charge in [0.1, 0.15) is 0 Å². The van der Waals surface area contributed by atoms with Crippen LogP contribution in [0, 0.1) is 5.41 Å². The summed E-state index contributed by atoms with van der Waals surface area (Å²) in [5, 5.41) is 10.5. The van der Waals surface area contributed by atoms with Gasteiger partial charge in [0.25, 0.3) is 0 Å². The summed E-state index contributed by atoms with van der Waals surface area (Å²) in [6.07, 6.45) is 22.6. The molecule has 0 amide bonds. The van der Waals surface area contributed by atoms with Crippen molar-refractivity contribution in [3.8, 4) is 0 Å². The van der Waals surface area contributed by atoms with Crippen molar-refractivity contribution in [1.82, 2.24) is 0 Å². The van der Waals surface area contributed by atoms with Gasteiger partial charge in [-0.25, -0.2) is 0 Å². The van der Waals surface area contributed by atoms with Crippen molar-refractivity contribution >= 4 is 23.5 Å². The predicted octanol–water partition coefficient (Wildman–Crippen LogP) is 8.04. The van der Waals surface area contributed by atoms with Crippen molar-refractivity contribution in [3.63, 3.8) is 0 Å². The van der Waals surface area contributed by atoms with E-state index < -0.39 is 0 Å². The van der Waals surface area contributed by atoms with Gasteiger partial charge in [-0.15, -0.1) is 0 Å². The molecule has 3 heteroatoms. The van der Waals surface area contributed by atoms with Gasteiger partial charge >= 0.3 is 0 Å². The highest BCUT2D eigenvalue weighted by atomic mass is 32.2. The molecular formula is C25H46OS2. The van der Waals surface area contributed by atoms with Crippen molar-refractivity contribution in [3.05, 3.63) is 23.8 Å². The van der Waals surface area contributed by atoms with Crippen LogP contribution in [0.25, 0.3) is 0 Å². The van der Waals surface area contributed by atoms with Crippen molar-refractivity contribution < 1.29 is 5.11 Å². The summed E-state index contributed by atoms with van der Waals surface area (Å²) in [4.78, 5) is 0. The van der Waals surface area contributed by atoms with Crippen LogP contribution in [0.1, 0.15) is 97.8 Å². The average Bonchev–Trinajstić information content (AvgIpc) is 2.69. The molecule has 1 nitrogen and oxygen atoms in total. The van der Waals surface area contributed by atoms with Crippen LogP contribution in [0.3, 0.4) is 0 Å². The third-order valence-electron chi connectivity index (χ3n) is 5.65. The third kappa shape index (κ3) is 12.0. The molecule has 0 heterocycles. The minimum atomic E-state index is -0.336. The van der Waals surface area contributed by atoms with E-state index >= 15 is 0 Å². The Kier molecular flexibility index (Phi) is 15.8. The molecule has 1 N–H and O–H groups in total. The minimum absolute atomic E-state index is 0.0995. The second-order valence-electron chi connectivity index (χ2n) is 8.67. The first-order valence-corrected chi connectivity index (χ1v) is 14.2. The molecule has 164 valence electrons. The molecule has 0 fully saturated rings. The smallest absolute Gasteiger partial charge is 0.0820 e. The van der Waals surface area contributed by atoms with Crippen LogP contribution in [-0.4, -0.2) is 34.2 Å². The monoisotopic (exact) mass is 426 g/mol. The maximum absolute atomic E-state index is 10.5. The minimum Gasteiger partial charge on any atom is -0.388 e. The molecule has 0 radical (unpaired) electrons. The van der Waals surface area contributed by atoms with Gasteiger partial charge < -0.3 is 5.11 Å². The standard InChI is InChI=1S/C25H46OS2/c1-4-6-8-10-12-14-18-27-21-23-16-17-24(26)25(3,20-23)22-28-19-15-13-11-9-7-5-2/h16-17,20,24,26H,4-15,18-19,21-22H2,1-3H3. The van der Waals surface area contributed by atoms with Crippen LogP contribution < -0.4 is 0 Å². The lowest BCUT2D eigenvalue weighted by atomic mass is 9.81. The van der Waals surface area contributed by atoms with Crippen molar-refractivity contribution in [2.75, 3.05) is 23.0 Å². The zero-order valence-electron chi connectivity index (χ0n) is 18.9. The van der Waals surface area contributed by atoms with Gasteiger partial charge in [-0.1, -0.05) is 103 Å². The molecule has 2 unspecified atom stereocenters. The topological polar surface area (TPSA) is 20.2 Å². The molecule has 0 aliphatic heterocycles. The van der Waals surface area contributed by atoms with Crippen molar-refractivity contribution in [2.45, 2.75) is 104 Å². The Morgan fingerprint density at radius 2 is 1.36 bits per heavy atom.